The molecule has 0 amide bonds. The number of fused-ring (bicyclic) bond motifs is 12. The van der Waals surface area contributed by atoms with Crippen molar-refractivity contribution in [2.45, 2.75) is 18.9 Å². The third-order valence-corrected chi connectivity index (χ3v) is 23.4. The molecular formula is C75H54N4Si. The van der Waals surface area contributed by atoms with Crippen molar-refractivity contribution < 1.29 is 0 Å². The first-order valence-electron chi connectivity index (χ1n) is 27.8. The van der Waals surface area contributed by atoms with Crippen molar-refractivity contribution in [1.29, 1.82) is 0 Å². The molecule has 80 heavy (non-hydrogen) atoms. The molecular weight excluding hydrogens is 985 g/mol. The van der Waals surface area contributed by atoms with Crippen molar-refractivity contribution in [2.24, 2.45) is 0 Å². The second-order valence-electron chi connectivity index (χ2n) is 22.1. The van der Waals surface area contributed by atoms with E-state index in [9.17, 15) is 0 Å². The fourth-order valence-corrected chi connectivity index (χ4v) is 20.1. The summed E-state index contributed by atoms with van der Waals surface area (Å²) < 4.78 is 9.87. The van der Waals surface area contributed by atoms with Crippen LogP contribution < -0.4 is 15.6 Å². The number of aromatic nitrogens is 4. The fourth-order valence-electron chi connectivity index (χ4n) is 14.3. The van der Waals surface area contributed by atoms with Crippen molar-refractivity contribution in [3.8, 4) is 22.7 Å². The van der Waals surface area contributed by atoms with Crippen LogP contribution in [0.15, 0.2) is 291 Å². The van der Waals surface area contributed by atoms with Gasteiger partial charge in [-0.15, -0.1) is 0 Å². The quantitative estimate of drug-likeness (QED) is 0.101. The largest absolute Gasteiger partial charge is 0.309 e. The van der Waals surface area contributed by atoms with Crippen molar-refractivity contribution in [2.75, 3.05) is 0 Å². The third kappa shape index (κ3) is 6.62. The highest BCUT2D eigenvalue weighted by atomic mass is 28.3. The minimum atomic E-state index is -3.18. The summed E-state index contributed by atoms with van der Waals surface area (Å²) in [6, 6.07) is 109. The highest BCUT2D eigenvalue weighted by Gasteiger charge is 2.53. The van der Waals surface area contributed by atoms with E-state index in [0.717, 1.165) is 22.7 Å². The molecule has 0 N–H and O–H groups in total. The zero-order chi connectivity index (χ0) is 53.1. The van der Waals surface area contributed by atoms with Gasteiger partial charge in [0.05, 0.1) is 44.1 Å². The first kappa shape index (κ1) is 46.2. The van der Waals surface area contributed by atoms with Gasteiger partial charge in [-0.3, -0.25) is 0 Å². The van der Waals surface area contributed by atoms with E-state index in [2.05, 4.69) is 323 Å². The molecule has 0 spiro atoms. The van der Waals surface area contributed by atoms with Gasteiger partial charge in [-0.1, -0.05) is 208 Å². The molecule has 0 aliphatic heterocycles. The first-order valence-corrected chi connectivity index (χ1v) is 29.8. The van der Waals surface area contributed by atoms with Gasteiger partial charge in [-0.25, -0.2) is 0 Å². The summed E-state index contributed by atoms with van der Waals surface area (Å²) >= 11 is 0. The van der Waals surface area contributed by atoms with Crippen LogP contribution in [0.25, 0.3) is 110 Å². The van der Waals surface area contributed by atoms with Crippen LogP contribution in [0, 0.1) is 0 Å². The normalized spacial score (nSPS) is 12.4. The number of para-hydroxylation sites is 6. The summed E-state index contributed by atoms with van der Waals surface area (Å²) in [5, 5.41) is 13.6. The van der Waals surface area contributed by atoms with Crippen molar-refractivity contribution in [3.05, 3.63) is 297 Å². The molecule has 12 aromatic carbocycles. The lowest BCUT2D eigenvalue weighted by molar-refractivity contribution is 0.736. The Hall–Kier alpha value is -9.94. The lowest BCUT2D eigenvalue weighted by Gasteiger charge is -2.47. The van der Waals surface area contributed by atoms with E-state index in [1.807, 2.05) is 0 Å². The van der Waals surface area contributed by atoms with Gasteiger partial charge in [0.25, 0.3) is 0 Å². The molecule has 0 fully saturated rings. The minimum absolute atomic E-state index is 0.358. The van der Waals surface area contributed by atoms with E-state index < -0.39 is 8.07 Å². The SMILES string of the molecule is CC(C)(c1ccccc1)[Si](c1ccccc1)(c1cccc(-n2c3ccccc3c3cc(-n4c5ccccc5c5ccccc54)ccc32)c1)c1cccc(-n2c3ccccc3c3cc(-n4c5ccccc5c5ccccc54)ccc32)c1. The lowest BCUT2D eigenvalue weighted by Crippen LogP contribution is -2.77. The Kier molecular flexibility index (Phi) is 10.3. The molecule has 4 nitrogen and oxygen atoms in total. The predicted molar refractivity (Wildman–Crippen MR) is 341 cm³/mol. The number of nitrogens with zero attached hydrogens (tertiary/aromatic N) is 4. The Morgan fingerprint density at radius 1 is 0.225 bits per heavy atom. The summed E-state index contributed by atoms with van der Waals surface area (Å²) in [6.07, 6.45) is 0. The molecule has 0 atom stereocenters. The van der Waals surface area contributed by atoms with Gasteiger partial charge in [0.2, 0.25) is 0 Å². The molecule has 16 aromatic rings. The van der Waals surface area contributed by atoms with E-state index in [1.54, 1.807) is 0 Å². The highest BCUT2D eigenvalue weighted by molar-refractivity contribution is 7.13. The van der Waals surface area contributed by atoms with Gasteiger partial charge in [0, 0.05) is 65.8 Å². The average Bonchev–Trinajstić information content (AvgIpc) is 4.31. The van der Waals surface area contributed by atoms with Crippen LogP contribution in [0.3, 0.4) is 0 Å². The molecule has 0 aliphatic rings. The molecule has 5 heteroatoms. The second-order valence-corrected chi connectivity index (χ2v) is 26.5. The van der Waals surface area contributed by atoms with Gasteiger partial charge in [-0.05, 0) is 123 Å². The van der Waals surface area contributed by atoms with Crippen LogP contribution in [-0.4, -0.2) is 26.3 Å². The topological polar surface area (TPSA) is 19.7 Å². The van der Waals surface area contributed by atoms with E-state index >= 15 is 0 Å². The minimum Gasteiger partial charge on any atom is -0.309 e. The molecule has 0 aliphatic carbocycles. The standard InChI is InChI=1S/C75H54N4Si/c1-75(2,51-23-5-3-6-24-51)80(56-27-7-4-8-28-56,57-29-21-25-52(47-57)76-71-41-19-13-35-63(71)65-49-54(43-45-73(65)76)78-67-37-15-9-31-59(67)60-32-10-16-38-68(60)78)58-30-22-26-53(48-58)77-72-42-20-14-36-64(72)66-50-55(44-46-74(66)77)79-69-39-17-11-33-61(69)62-34-12-18-40-70(62)79/h3-50H,1-2H3. The summed E-state index contributed by atoms with van der Waals surface area (Å²) in [5.74, 6) is 0. The van der Waals surface area contributed by atoms with Crippen LogP contribution in [0.1, 0.15) is 19.4 Å². The van der Waals surface area contributed by atoms with E-state index in [1.165, 1.54) is 108 Å². The summed E-state index contributed by atoms with van der Waals surface area (Å²) in [4.78, 5) is 0. The van der Waals surface area contributed by atoms with Crippen LogP contribution in [0.2, 0.25) is 0 Å². The zero-order valence-electron chi connectivity index (χ0n) is 44.5. The molecule has 4 heterocycles. The summed E-state index contributed by atoms with van der Waals surface area (Å²) in [5.41, 5.74) is 15.5. The van der Waals surface area contributed by atoms with Crippen LogP contribution in [-0.2, 0) is 5.04 Å². The van der Waals surface area contributed by atoms with Crippen molar-refractivity contribution in [3.63, 3.8) is 0 Å². The Balaban J connectivity index is 0.918. The Labute approximate surface area is 464 Å². The van der Waals surface area contributed by atoms with Crippen LogP contribution in [0.5, 0.6) is 0 Å². The molecule has 0 saturated heterocycles. The van der Waals surface area contributed by atoms with Gasteiger partial charge in [-0.2, -0.15) is 0 Å². The maximum atomic E-state index is 2.54. The number of hydrogen-bond acceptors (Lipinski definition) is 0. The average molecular weight is 1040 g/mol. The van der Waals surface area contributed by atoms with E-state index in [4.69, 9.17) is 0 Å². The molecule has 4 aromatic heterocycles. The zero-order valence-corrected chi connectivity index (χ0v) is 45.5. The van der Waals surface area contributed by atoms with Crippen LogP contribution >= 0.6 is 0 Å². The maximum absolute atomic E-state index is 3.18. The Morgan fingerprint density at radius 3 is 0.863 bits per heavy atom. The Bertz CT molecular complexity index is 4730. The predicted octanol–water partition coefficient (Wildman–Crippen LogP) is 17.1. The highest BCUT2D eigenvalue weighted by Crippen LogP contribution is 2.41. The fraction of sp³-hybridized carbons (Fsp3) is 0.0400. The molecule has 16 rings (SSSR count). The molecule has 0 saturated carbocycles. The maximum Gasteiger partial charge on any atom is 0.158 e. The monoisotopic (exact) mass is 1040 g/mol. The second kappa shape index (κ2) is 17.8. The van der Waals surface area contributed by atoms with Crippen molar-refractivity contribution >= 4 is 111 Å². The number of benzene rings is 12. The molecule has 378 valence electrons. The van der Waals surface area contributed by atoms with Crippen LogP contribution in [0.4, 0.5) is 0 Å². The van der Waals surface area contributed by atoms with Crippen molar-refractivity contribution in [1.82, 2.24) is 18.3 Å². The van der Waals surface area contributed by atoms with Gasteiger partial charge in [0.15, 0.2) is 8.07 Å². The molecule has 0 radical (unpaired) electrons. The third-order valence-electron chi connectivity index (χ3n) is 17.7. The summed E-state index contributed by atoms with van der Waals surface area (Å²) in [6.45, 7) is 5.02. The van der Waals surface area contributed by atoms with Gasteiger partial charge in [0.1, 0.15) is 0 Å². The van der Waals surface area contributed by atoms with E-state index in [-0.39, 0.29) is 5.04 Å². The van der Waals surface area contributed by atoms with E-state index in [0.29, 0.717) is 0 Å². The number of hydrogen-bond donors (Lipinski definition) is 0. The molecule has 0 unspecified atom stereocenters. The summed E-state index contributed by atoms with van der Waals surface area (Å²) in [7, 11) is -3.18. The van der Waals surface area contributed by atoms with Gasteiger partial charge >= 0.3 is 0 Å². The lowest BCUT2D eigenvalue weighted by atomic mass is 10.0. The Morgan fingerprint density at radius 2 is 0.500 bits per heavy atom. The number of rotatable bonds is 9. The van der Waals surface area contributed by atoms with Gasteiger partial charge < -0.3 is 18.3 Å². The molecule has 0 bridgehead atoms. The first-order chi connectivity index (χ1) is 39.5. The smallest absolute Gasteiger partial charge is 0.158 e.